The van der Waals surface area contributed by atoms with Gasteiger partial charge >= 0.3 is 0 Å². The number of rotatable bonds is 7. The number of nitrogens with zero attached hydrogens (tertiary/aromatic N) is 1. The van der Waals surface area contributed by atoms with Crippen LogP contribution in [0.4, 0.5) is 4.39 Å². The molecule has 4 nitrogen and oxygen atoms in total. The van der Waals surface area contributed by atoms with Gasteiger partial charge in [0.15, 0.2) is 0 Å². The van der Waals surface area contributed by atoms with Crippen molar-refractivity contribution in [1.82, 2.24) is 4.90 Å². The molecule has 1 amide bonds. The van der Waals surface area contributed by atoms with Crippen LogP contribution < -0.4 is 4.74 Å². The number of amides is 1. The SMILES string of the molecule is COc1ccc(C2/C=C\CC(OCc3ccccc3)CC(=O)N2Cc2cccc(F)c2)cc1. The van der Waals surface area contributed by atoms with Crippen molar-refractivity contribution in [2.45, 2.75) is 38.1 Å². The Morgan fingerprint density at radius 2 is 1.73 bits per heavy atom. The molecule has 0 saturated heterocycles. The Bertz CT molecular complexity index is 1080. The van der Waals surface area contributed by atoms with E-state index in [1.165, 1.54) is 12.1 Å². The van der Waals surface area contributed by atoms with Crippen LogP contribution in [0.15, 0.2) is 91.0 Å². The Kier molecular flexibility index (Phi) is 7.53. The first-order valence-electron chi connectivity index (χ1n) is 11.1. The molecular formula is C28H28FNO3. The minimum absolute atomic E-state index is 0.0255. The van der Waals surface area contributed by atoms with E-state index < -0.39 is 0 Å². The van der Waals surface area contributed by atoms with Crippen LogP contribution in [-0.2, 0) is 22.7 Å². The van der Waals surface area contributed by atoms with Crippen molar-refractivity contribution in [3.05, 3.63) is 114 Å². The summed E-state index contributed by atoms with van der Waals surface area (Å²) in [4.78, 5) is 15.3. The summed E-state index contributed by atoms with van der Waals surface area (Å²) in [5.41, 5.74) is 2.79. The molecule has 33 heavy (non-hydrogen) atoms. The summed E-state index contributed by atoms with van der Waals surface area (Å²) < 4.78 is 25.2. The molecule has 0 bridgehead atoms. The molecule has 1 heterocycles. The molecule has 170 valence electrons. The first-order valence-corrected chi connectivity index (χ1v) is 11.1. The minimum Gasteiger partial charge on any atom is -0.497 e. The van der Waals surface area contributed by atoms with Crippen molar-refractivity contribution >= 4 is 5.91 Å². The van der Waals surface area contributed by atoms with Gasteiger partial charge in [-0.05, 0) is 47.4 Å². The standard InChI is InChI=1S/C28H28FNO3/c1-32-25-15-13-23(14-16-25)27-12-6-11-26(33-20-21-7-3-2-4-8-21)18-28(31)30(27)19-22-9-5-10-24(29)17-22/h2-10,12-17,26-27H,11,18-20H2,1H3/b12-6-. The Morgan fingerprint density at radius 1 is 0.970 bits per heavy atom. The number of carbonyl (C=O) groups is 1. The summed E-state index contributed by atoms with van der Waals surface area (Å²) in [6, 6.07) is 23.8. The summed E-state index contributed by atoms with van der Waals surface area (Å²) in [7, 11) is 1.63. The molecule has 0 aromatic heterocycles. The van der Waals surface area contributed by atoms with Gasteiger partial charge in [-0.25, -0.2) is 4.39 Å². The number of methoxy groups -OCH3 is 1. The topological polar surface area (TPSA) is 38.8 Å². The maximum absolute atomic E-state index is 13.8. The largest absolute Gasteiger partial charge is 0.497 e. The lowest BCUT2D eigenvalue weighted by Gasteiger charge is -2.33. The second-order valence-corrected chi connectivity index (χ2v) is 8.16. The van der Waals surface area contributed by atoms with Crippen LogP contribution >= 0.6 is 0 Å². The fraction of sp³-hybridized carbons (Fsp3) is 0.250. The minimum atomic E-state index is -0.312. The average Bonchev–Trinajstić information content (AvgIpc) is 2.83. The molecule has 0 saturated carbocycles. The molecule has 0 spiro atoms. The Morgan fingerprint density at radius 3 is 2.45 bits per heavy atom. The number of carbonyl (C=O) groups excluding carboxylic acids is 1. The molecule has 2 atom stereocenters. The van der Waals surface area contributed by atoms with Crippen LogP contribution in [0.1, 0.15) is 35.6 Å². The van der Waals surface area contributed by atoms with E-state index in [0.29, 0.717) is 19.6 Å². The van der Waals surface area contributed by atoms with Gasteiger partial charge in [-0.2, -0.15) is 0 Å². The molecule has 3 aromatic rings. The lowest BCUT2D eigenvalue weighted by molar-refractivity contribution is -0.137. The highest BCUT2D eigenvalue weighted by Crippen LogP contribution is 2.30. The van der Waals surface area contributed by atoms with E-state index in [4.69, 9.17) is 9.47 Å². The van der Waals surface area contributed by atoms with Gasteiger partial charge in [-0.3, -0.25) is 4.79 Å². The fourth-order valence-corrected chi connectivity index (χ4v) is 4.04. The van der Waals surface area contributed by atoms with Crippen LogP contribution in [0.3, 0.4) is 0 Å². The summed E-state index contributed by atoms with van der Waals surface area (Å²) in [5, 5.41) is 0. The van der Waals surface area contributed by atoms with Gasteiger partial charge in [0.05, 0.1) is 32.3 Å². The molecule has 1 aliphatic rings. The van der Waals surface area contributed by atoms with Crippen molar-refractivity contribution in [3.63, 3.8) is 0 Å². The third kappa shape index (κ3) is 6.08. The molecule has 3 aromatic carbocycles. The maximum Gasteiger partial charge on any atom is 0.226 e. The summed E-state index contributed by atoms with van der Waals surface area (Å²) in [6.45, 7) is 0.765. The summed E-state index contributed by atoms with van der Waals surface area (Å²) in [5.74, 6) is 0.418. The van der Waals surface area contributed by atoms with Gasteiger partial charge in [0.25, 0.3) is 0 Å². The van der Waals surface area contributed by atoms with Crippen molar-refractivity contribution in [3.8, 4) is 5.75 Å². The molecule has 2 unspecified atom stereocenters. The Labute approximate surface area is 194 Å². The molecule has 0 fully saturated rings. The normalized spacial score (nSPS) is 19.6. The zero-order chi connectivity index (χ0) is 23.0. The smallest absolute Gasteiger partial charge is 0.226 e. The van der Waals surface area contributed by atoms with Crippen LogP contribution in [0.25, 0.3) is 0 Å². The summed E-state index contributed by atoms with van der Waals surface area (Å²) >= 11 is 0. The predicted octanol–water partition coefficient (Wildman–Crippen LogP) is 5.84. The number of hydrogen-bond acceptors (Lipinski definition) is 3. The van der Waals surface area contributed by atoms with E-state index >= 15 is 0 Å². The molecule has 1 aliphatic heterocycles. The second kappa shape index (κ2) is 10.9. The molecule has 0 aliphatic carbocycles. The van der Waals surface area contributed by atoms with Gasteiger partial charge < -0.3 is 14.4 Å². The molecule has 0 radical (unpaired) electrons. The van der Waals surface area contributed by atoms with E-state index in [0.717, 1.165) is 22.4 Å². The van der Waals surface area contributed by atoms with Crippen LogP contribution in [0, 0.1) is 5.82 Å². The lowest BCUT2D eigenvalue weighted by atomic mass is 9.98. The van der Waals surface area contributed by atoms with Gasteiger partial charge in [-0.15, -0.1) is 0 Å². The third-order valence-electron chi connectivity index (χ3n) is 5.80. The van der Waals surface area contributed by atoms with E-state index in [2.05, 4.69) is 6.08 Å². The molecule has 4 rings (SSSR count). The highest BCUT2D eigenvalue weighted by molar-refractivity contribution is 5.78. The first-order chi connectivity index (χ1) is 16.1. The molecular weight excluding hydrogens is 417 g/mol. The van der Waals surface area contributed by atoms with Crippen LogP contribution in [0.2, 0.25) is 0 Å². The number of hydrogen-bond donors (Lipinski definition) is 0. The van der Waals surface area contributed by atoms with Crippen LogP contribution in [-0.4, -0.2) is 24.0 Å². The number of halogens is 1. The monoisotopic (exact) mass is 445 g/mol. The average molecular weight is 446 g/mol. The number of benzene rings is 3. The second-order valence-electron chi connectivity index (χ2n) is 8.16. The highest BCUT2D eigenvalue weighted by atomic mass is 19.1. The first kappa shape index (κ1) is 22.7. The fourth-order valence-electron chi connectivity index (χ4n) is 4.04. The van der Waals surface area contributed by atoms with Crippen LogP contribution in [0.5, 0.6) is 5.75 Å². The quantitative estimate of drug-likeness (QED) is 0.429. The Hall–Kier alpha value is -3.44. The maximum atomic E-state index is 13.8. The van der Waals surface area contributed by atoms with E-state index in [-0.39, 0.29) is 30.3 Å². The third-order valence-corrected chi connectivity index (χ3v) is 5.80. The lowest BCUT2D eigenvalue weighted by Crippen LogP contribution is -2.37. The van der Waals surface area contributed by atoms with Gasteiger partial charge in [0.1, 0.15) is 11.6 Å². The van der Waals surface area contributed by atoms with E-state index in [1.807, 2.05) is 66.7 Å². The van der Waals surface area contributed by atoms with Crippen molar-refractivity contribution in [2.75, 3.05) is 7.11 Å². The van der Waals surface area contributed by atoms with Crippen molar-refractivity contribution in [2.24, 2.45) is 0 Å². The van der Waals surface area contributed by atoms with Gasteiger partial charge in [-0.1, -0.05) is 66.7 Å². The van der Waals surface area contributed by atoms with Crippen molar-refractivity contribution in [1.29, 1.82) is 0 Å². The predicted molar refractivity (Wildman–Crippen MR) is 126 cm³/mol. The zero-order valence-electron chi connectivity index (χ0n) is 18.7. The van der Waals surface area contributed by atoms with E-state index in [9.17, 15) is 9.18 Å². The summed E-state index contributed by atoms with van der Waals surface area (Å²) in [6.07, 6.45) is 4.81. The van der Waals surface area contributed by atoms with Gasteiger partial charge in [0, 0.05) is 6.54 Å². The molecule has 0 N–H and O–H groups in total. The highest BCUT2D eigenvalue weighted by Gasteiger charge is 2.28. The molecule has 5 heteroatoms. The zero-order valence-corrected chi connectivity index (χ0v) is 18.7. The van der Waals surface area contributed by atoms with E-state index in [1.54, 1.807) is 18.1 Å². The van der Waals surface area contributed by atoms with Gasteiger partial charge in [0.2, 0.25) is 5.91 Å². The van der Waals surface area contributed by atoms with Crippen molar-refractivity contribution < 1.29 is 18.7 Å². The Balaban J connectivity index is 1.58. The number of ether oxygens (including phenoxy) is 2.